The molecule has 2 rings (SSSR count). The van der Waals surface area contributed by atoms with Gasteiger partial charge in [-0.1, -0.05) is 0 Å². The normalized spacial score (nSPS) is 9.86. The standard InChI is InChI=1S/C17H18N4O/c1-3-21(4-2)16-9-7-14(8-10-16)20-17(22)13-5-6-15(11-18)19-12-13/h5-10,12H,3-4H2,1-2H3,(H,20,22). The number of pyridine rings is 1. The number of nitrogens with one attached hydrogen (secondary N) is 1. The number of aromatic nitrogens is 1. The van der Waals surface area contributed by atoms with E-state index >= 15 is 0 Å². The summed E-state index contributed by atoms with van der Waals surface area (Å²) in [6.45, 7) is 6.10. The van der Waals surface area contributed by atoms with Gasteiger partial charge in [-0.05, 0) is 50.2 Å². The Morgan fingerprint density at radius 1 is 1.18 bits per heavy atom. The first-order chi connectivity index (χ1) is 10.7. The summed E-state index contributed by atoms with van der Waals surface area (Å²) in [5.41, 5.74) is 2.57. The zero-order chi connectivity index (χ0) is 15.9. The van der Waals surface area contributed by atoms with E-state index in [1.165, 1.54) is 12.3 Å². The summed E-state index contributed by atoms with van der Waals surface area (Å²) in [7, 11) is 0. The van der Waals surface area contributed by atoms with Crippen molar-refractivity contribution in [2.24, 2.45) is 0 Å². The monoisotopic (exact) mass is 294 g/mol. The number of nitrogens with zero attached hydrogens (tertiary/aromatic N) is 3. The fourth-order valence-corrected chi connectivity index (χ4v) is 2.14. The van der Waals surface area contributed by atoms with Crippen LogP contribution >= 0.6 is 0 Å². The first-order valence-electron chi connectivity index (χ1n) is 7.20. The Hall–Kier alpha value is -2.87. The number of rotatable bonds is 5. The second-order valence-corrected chi connectivity index (χ2v) is 4.72. The first-order valence-corrected chi connectivity index (χ1v) is 7.20. The van der Waals surface area contributed by atoms with Crippen LogP contribution < -0.4 is 10.2 Å². The first kappa shape index (κ1) is 15.5. The van der Waals surface area contributed by atoms with E-state index in [0.717, 1.165) is 24.5 Å². The zero-order valence-corrected chi connectivity index (χ0v) is 12.7. The molecule has 0 atom stereocenters. The summed E-state index contributed by atoms with van der Waals surface area (Å²) in [4.78, 5) is 18.2. The van der Waals surface area contributed by atoms with Gasteiger partial charge in [0.15, 0.2) is 0 Å². The van der Waals surface area contributed by atoms with Gasteiger partial charge in [0, 0.05) is 30.7 Å². The van der Waals surface area contributed by atoms with Crippen molar-refractivity contribution in [3.05, 3.63) is 53.9 Å². The number of benzene rings is 1. The zero-order valence-electron chi connectivity index (χ0n) is 12.7. The summed E-state index contributed by atoms with van der Waals surface area (Å²) >= 11 is 0. The van der Waals surface area contributed by atoms with Crippen LogP contribution in [0.5, 0.6) is 0 Å². The molecule has 2 aromatic rings. The van der Waals surface area contributed by atoms with E-state index in [4.69, 9.17) is 5.26 Å². The maximum Gasteiger partial charge on any atom is 0.257 e. The molecule has 5 heteroatoms. The Balaban J connectivity index is 2.06. The molecule has 1 N–H and O–H groups in total. The van der Waals surface area contributed by atoms with Crippen molar-refractivity contribution >= 4 is 17.3 Å². The molecule has 0 radical (unpaired) electrons. The maximum atomic E-state index is 12.1. The lowest BCUT2D eigenvalue weighted by atomic mass is 10.2. The van der Waals surface area contributed by atoms with E-state index in [-0.39, 0.29) is 5.91 Å². The molecule has 112 valence electrons. The fraction of sp³-hybridized carbons (Fsp3) is 0.235. The molecule has 0 unspecified atom stereocenters. The molecular weight excluding hydrogens is 276 g/mol. The van der Waals surface area contributed by atoms with Gasteiger partial charge < -0.3 is 10.2 Å². The molecule has 1 heterocycles. The lowest BCUT2D eigenvalue weighted by molar-refractivity contribution is 0.102. The van der Waals surface area contributed by atoms with E-state index in [2.05, 4.69) is 29.0 Å². The van der Waals surface area contributed by atoms with Gasteiger partial charge in [-0.25, -0.2) is 4.98 Å². The van der Waals surface area contributed by atoms with E-state index in [0.29, 0.717) is 11.3 Å². The third kappa shape index (κ3) is 3.61. The van der Waals surface area contributed by atoms with Crippen molar-refractivity contribution < 1.29 is 4.79 Å². The van der Waals surface area contributed by atoms with Gasteiger partial charge in [-0.3, -0.25) is 4.79 Å². The number of nitriles is 1. The van der Waals surface area contributed by atoms with Crippen LogP contribution in [0.3, 0.4) is 0 Å². The minimum absolute atomic E-state index is 0.243. The lowest BCUT2D eigenvalue weighted by Gasteiger charge is -2.21. The molecule has 0 aliphatic heterocycles. The van der Waals surface area contributed by atoms with E-state index in [9.17, 15) is 4.79 Å². The predicted molar refractivity (Wildman–Crippen MR) is 86.9 cm³/mol. The predicted octanol–water partition coefficient (Wildman–Crippen LogP) is 3.05. The van der Waals surface area contributed by atoms with Crippen molar-refractivity contribution in [2.75, 3.05) is 23.3 Å². The number of anilines is 2. The van der Waals surface area contributed by atoms with Crippen molar-refractivity contribution in [3.8, 4) is 6.07 Å². The highest BCUT2D eigenvalue weighted by Gasteiger charge is 2.07. The van der Waals surface area contributed by atoms with Crippen LogP contribution in [-0.2, 0) is 0 Å². The molecule has 22 heavy (non-hydrogen) atoms. The summed E-state index contributed by atoms with van der Waals surface area (Å²) in [6.07, 6.45) is 1.40. The van der Waals surface area contributed by atoms with Crippen LogP contribution in [0.2, 0.25) is 0 Å². The Morgan fingerprint density at radius 3 is 2.36 bits per heavy atom. The molecule has 0 saturated heterocycles. The summed E-state index contributed by atoms with van der Waals surface area (Å²) < 4.78 is 0. The second kappa shape index (κ2) is 7.23. The van der Waals surface area contributed by atoms with Gasteiger partial charge in [-0.2, -0.15) is 5.26 Å². The number of carbonyl (C=O) groups excluding carboxylic acids is 1. The van der Waals surface area contributed by atoms with Gasteiger partial charge in [0.05, 0.1) is 5.56 Å². The largest absolute Gasteiger partial charge is 0.372 e. The van der Waals surface area contributed by atoms with Crippen LogP contribution in [0.15, 0.2) is 42.6 Å². The molecule has 1 aromatic heterocycles. The van der Waals surface area contributed by atoms with Crippen LogP contribution in [0.25, 0.3) is 0 Å². The Morgan fingerprint density at radius 2 is 1.86 bits per heavy atom. The molecule has 0 bridgehead atoms. The molecule has 1 aromatic carbocycles. The number of carbonyl (C=O) groups is 1. The minimum Gasteiger partial charge on any atom is -0.372 e. The summed E-state index contributed by atoms with van der Waals surface area (Å²) in [5.74, 6) is -0.243. The topological polar surface area (TPSA) is 69.0 Å². The van der Waals surface area contributed by atoms with Crippen molar-refractivity contribution in [3.63, 3.8) is 0 Å². The van der Waals surface area contributed by atoms with Crippen molar-refractivity contribution in [1.29, 1.82) is 5.26 Å². The molecule has 0 aliphatic rings. The smallest absolute Gasteiger partial charge is 0.257 e. The third-order valence-electron chi connectivity index (χ3n) is 3.39. The minimum atomic E-state index is -0.243. The van der Waals surface area contributed by atoms with Gasteiger partial charge in [0.25, 0.3) is 5.91 Å². The fourth-order valence-electron chi connectivity index (χ4n) is 2.14. The quantitative estimate of drug-likeness (QED) is 0.920. The lowest BCUT2D eigenvalue weighted by Crippen LogP contribution is -2.21. The number of amides is 1. The maximum absolute atomic E-state index is 12.1. The number of hydrogen-bond acceptors (Lipinski definition) is 4. The van der Waals surface area contributed by atoms with Gasteiger partial charge in [-0.15, -0.1) is 0 Å². The highest BCUT2D eigenvalue weighted by Crippen LogP contribution is 2.18. The van der Waals surface area contributed by atoms with Crippen molar-refractivity contribution in [2.45, 2.75) is 13.8 Å². The highest BCUT2D eigenvalue weighted by atomic mass is 16.1. The highest BCUT2D eigenvalue weighted by molar-refractivity contribution is 6.04. The Kier molecular flexibility index (Phi) is 5.10. The van der Waals surface area contributed by atoms with Gasteiger partial charge in [0.1, 0.15) is 11.8 Å². The molecule has 0 fully saturated rings. The van der Waals surface area contributed by atoms with E-state index in [1.54, 1.807) is 6.07 Å². The Labute approximate surface area is 130 Å². The summed E-state index contributed by atoms with van der Waals surface area (Å²) in [6, 6.07) is 12.8. The van der Waals surface area contributed by atoms with Gasteiger partial charge in [0.2, 0.25) is 0 Å². The third-order valence-corrected chi connectivity index (χ3v) is 3.39. The average molecular weight is 294 g/mol. The van der Waals surface area contributed by atoms with Crippen LogP contribution in [-0.4, -0.2) is 24.0 Å². The molecule has 5 nitrogen and oxygen atoms in total. The SMILES string of the molecule is CCN(CC)c1ccc(NC(=O)c2ccc(C#N)nc2)cc1. The molecule has 0 spiro atoms. The summed E-state index contributed by atoms with van der Waals surface area (Å²) in [5, 5.41) is 11.5. The second-order valence-electron chi connectivity index (χ2n) is 4.72. The van der Waals surface area contributed by atoms with Crippen LogP contribution in [0.1, 0.15) is 29.9 Å². The Bertz CT molecular complexity index is 667. The molecular formula is C17H18N4O. The van der Waals surface area contributed by atoms with E-state index in [1.807, 2.05) is 30.3 Å². The van der Waals surface area contributed by atoms with E-state index < -0.39 is 0 Å². The van der Waals surface area contributed by atoms with Crippen LogP contribution in [0.4, 0.5) is 11.4 Å². The number of hydrogen-bond donors (Lipinski definition) is 1. The molecule has 0 aliphatic carbocycles. The average Bonchev–Trinajstić information content (AvgIpc) is 2.57. The van der Waals surface area contributed by atoms with Gasteiger partial charge >= 0.3 is 0 Å². The van der Waals surface area contributed by atoms with Crippen LogP contribution in [0, 0.1) is 11.3 Å². The van der Waals surface area contributed by atoms with Crippen molar-refractivity contribution in [1.82, 2.24) is 4.98 Å². The molecule has 0 saturated carbocycles. The molecule has 1 amide bonds.